The molecule has 1 heterocycles. The summed E-state index contributed by atoms with van der Waals surface area (Å²) in [5.74, 6) is 1.86. The molecule has 4 heteroatoms. The molecule has 3 nitrogen and oxygen atoms in total. The zero-order valence-corrected chi connectivity index (χ0v) is 12.8. The predicted molar refractivity (Wildman–Crippen MR) is 80.7 cm³/mol. The standard InChI is InChI=1S/C15H23NO2S/c1-17-13-8-7-11(14(18-2)15(13)19-3)10-12-6-4-5-9-16-12/h7-8,12,16H,4-6,9-10H2,1-3H3. The van der Waals surface area contributed by atoms with Crippen molar-refractivity contribution in [2.75, 3.05) is 27.0 Å². The van der Waals surface area contributed by atoms with Crippen LogP contribution in [-0.4, -0.2) is 33.1 Å². The summed E-state index contributed by atoms with van der Waals surface area (Å²) >= 11 is 1.68. The minimum atomic E-state index is 0.575. The largest absolute Gasteiger partial charge is 0.495 e. The van der Waals surface area contributed by atoms with Crippen LogP contribution in [0.3, 0.4) is 0 Å². The summed E-state index contributed by atoms with van der Waals surface area (Å²) in [5.41, 5.74) is 1.27. The first-order valence-electron chi connectivity index (χ1n) is 6.81. The van der Waals surface area contributed by atoms with Gasteiger partial charge < -0.3 is 14.8 Å². The van der Waals surface area contributed by atoms with E-state index in [-0.39, 0.29) is 0 Å². The van der Waals surface area contributed by atoms with Crippen molar-refractivity contribution in [1.82, 2.24) is 5.32 Å². The summed E-state index contributed by atoms with van der Waals surface area (Å²) in [6, 6.07) is 4.76. The molecule has 1 fully saturated rings. The van der Waals surface area contributed by atoms with Crippen molar-refractivity contribution in [3.8, 4) is 11.5 Å². The first kappa shape index (κ1) is 14.5. The van der Waals surface area contributed by atoms with Gasteiger partial charge in [-0.1, -0.05) is 12.5 Å². The lowest BCUT2D eigenvalue weighted by Gasteiger charge is -2.25. The molecule has 1 aliphatic rings. The molecule has 1 unspecified atom stereocenters. The molecule has 2 rings (SSSR count). The van der Waals surface area contributed by atoms with Crippen molar-refractivity contribution in [2.24, 2.45) is 0 Å². The zero-order chi connectivity index (χ0) is 13.7. The van der Waals surface area contributed by atoms with Crippen LogP contribution >= 0.6 is 11.8 Å². The van der Waals surface area contributed by atoms with Crippen molar-refractivity contribution >= 4 is 11.8 Å². The molecule has 0 aliphatic carbocycles. The second-order valence-corrected chi connectivity index (χ2v) is 5.66. The summed E-state index contributed by atoms with van der Waals surface area (Å²) < 4.78 is 11.0. The Balaban J connectivity index is 2.23. The highest BCUT2D eigenvalue weighted by Crippen LogP contribution is 2.39. The molecule has 1 atom stereocenters. The van der Waals surface area contributed by atoms with Gasteiger partial charge in [-0.2, -0.15) is 0 Å². The molecule has 19 heavy (non-hydrogen) atoms. The van der Waals surface area contributed by atoms with Crippen LogP contribution in [0, 0.1) is 0 Å². The van der Waals surface area contributed by atoms with Crippen LogP contribution in [0.1, 0.15) is 24.8 Å². The van der Waals surface area contributed by atoms with Crippen LogP contribution in [0.2, 0.25) is 0 Å². The molecule has 0 bridgehead atoms. The number of piperidine rings is 1. The third-order valence-electron chi connectivity index (χ3n) is 3.66. The molecule has 0 aromatic heterocycles. The van der Waals surface area contributed by atoms with E-state index in [1.54, 1.807) is 26.0 Å². The summed E-state index contributed by atoms with van der Waals surface area (Å²) in [5, 5.41) is 3.59. The molecule has 1 aromatic carbocycles. The number of nitrogens with one attached hydrogen (secondary N) is 1. The molecule has 1 aromatic rings. The summed E-state index contributed by atoms with van der Waals surface area (Å²) in [7, 11) is 3.45. The van der Waals surface area contributed by atoms with E-state index in [0.29, 0.717) is 6.04 Å². The van der Waals surface area contributed by atoms with Crippen molar-refractivity contribution in [1.29, 1.82) is 0 Å². The van der Waals surface area contributed by atoms with Gasteiger partial charge in [0.2, 0.25) is 0 Å². The normalized spacial score (nSPS) is 19.2. The third kappa shape index (κ3) is 3.37. The van der Waals surface area contributed by atoms with E-state index in [1.165, 1.54) is 24.8 Å². The lowest BCUT2D eigenvalue weighted by molar-refractivity contribution is 0.363. The monoisotopic (exact) mass is 281 g/mol. The maximum Gasteiger partial charge on any atom is 0.139 e. The minimum absolute atomic E-state index is 0.575. The first-order valence-corrected chi connectivity index (χ1v) is 8.03. The second-order valence-electron chi connectivity index (χ2n) is 4.84. The number of thioether (sulfide) groups is 1. The molecule has 106 valence electrons. The average molecular weight is 281 g/mol. The van der Waals surface area contributed by atoms with E-state index >= 15 is 0 Å². The van der Waals surface area contributed by atoms with Crippen molar-refractivity contribution in [3.63, 3.8) is 0 Å². The highest BCUT2D eigenvalue weighted by Gasteiger charge is 2.19. The Labute approximate surface area is 120 Å². The number of rotatable bonds is 5. The molecular weight excluding hydrogens is 258 g/mol. The van der Waals surface area contributed by atoms with Crippen molar-refractivity contribution < 1.29 is 9.47 Å². The van der Waals surface area contributed by atoms with Gasteiger partial charge in [0.25, 0.3) is 0 Å². The van der Waals surface area contributed by atoms with Gasteiger partial charge >= 0.3 is 0 Å². The van der Waals surface area contributed by atoms with Crippen molar-refractivity contribution in [3.05, 3.63) is 17.7 Å². The maximum atomic E-state index is 5.62. The van der Waals surface area contributed by atoms with Gasteiger partial charge in [0.15, 0.2) is 0 Å². The smallest absolute Gasteiger partial charge is 0.139 e. The first-order chi connectivity index (χ1) is 9.30. The molecule has 1 aliphatic heterocycles. The summed E-state index contributed by atoms with van der Waals surface area (Å²) in [6.07, 6.45) is 6.96. The molecule has 0 spiro atoms. The van der Waals surface area contributed by atoms with E-state index in [2.05, 4.69) is 17.6 Å². The summed E-state index contributed by atoms with van der Waals surface area (Å²) in [6.45, 7) is 1.14. The second kappa shape index (κ2) is 7.06. The molecule has 1 N–H and O–H groups in total. The molecule has 0 amide bonds. The van der Waals surface area contributed by atoms with Crippen LogP contribution in [0.25, 0.3) is 0 Å². The molecule has 0 saturated carbocycles. The van der Waals surface area contributed by atoms with E-state index in [4.69, 9.17) is 9.47 Å². The zero-order valence-electron chi connectivity index (χ0n) is 12.0. The fraction of sp³-hybridized carbons (Fsp3) is 0.600. The van der Waals surface area contributed by atoms with Crippen LogP contribution < -0.4 is 14.8 Å². The Morgan fingerprint density at radius 3 is 2.68 bits per heavy atom. The Hall–Kier alpha value is -0.870. The number of benzene rings is 1. The van der Waals surface area contributed by atoms with Gasteiger partial charge in [-0.15, -0.1) is 11.8 Å². The lowest BCUT2D eigenvalue weighted by atomic mass is 9.97. The van der Waals surface area contributed by atoms with Gasteiger partial charge in [0.1, 0.15) is 11.5 Å². The van der Waals surface area contributed by atoms with Crippen molar-refractivity contribution in [2.45, 2.75) is 36.6 Å². The van der Waals surface area contributed by atoms with Crippen LogP contribution in [0.15, 0.2) is 17.0 Å². The Morgan fingerprint density at radius 1 is 1.26 bits per heavy atom. The predicted octanol–water partition coefficient (Wildman–Crippen LogP) is 3.11. The van der Waals surface area contributed by atoms with E-state index in [9.17, 15) is 0 Å². The Morgan fingerprint density at radius 2 is 2.11 bits per heavy atom. The molecular formula is C15H23NO2S. The SMILES string of the molecule is COc1ccc(CC2CCCCN2)c(OC)c1SC. The van der Waals surface area contributed by atoms with Gasteiger partial charge in [-0.25, -0.2) is 0 Å². The molecule has 0 radical (unpaired) electrons. The third-order valence-corrected chi connectivity index (χ3v) is 4.46. The van der Waals surface area contributed by atoms with Crippen LogP contribution in [0.5, 0.6) is 11.5 Å². The van der Waals surface area contributed by atoms with E-state index in [1.807, 2.05) is 6.07 Å². The van der Waals surface area contributed by atoms with E-state index < -0.39 is 0 Å². The van der Waals surface area contributed by atoms with Gasteiger partial charge in [0.05, 0.1) is 19.1 Å². The number of ether oxygens (including phenoxy) is 2. The fourth-order valence-corrected chi connectivity index (χ4v) is 3.44. The fourth-order valence-electron chi connectivity index (χ4n) is 2.69. The van der Waals surface area contributed by atoms with Gasteiger partial charge in [-0.05, 0) is 43.7 Å². The topological polar surface area (TPSA) is 30.5 Å². The lowest BCUT2D eigenvalue weighted by Crippen LogP contribution is -2.35. The maximum absolute atomic E-state index is 5.62. The number of methoxy groups -OCH3 is 2. The highest BCUT2D eigenvalue weighted by atomic mass is 32.2. The van der Waals surface area contributed by atoms with Crippen LogP contribution in [0.4, 0.5) is 0 Å². The van der Waals surface area contributed by atoms with Gasteiger partial charge in [0, 0.05) is 6.04 Å². The summed E-state index contributed by atoms with van der Waals surface area (Å²) in [4.78, 5) is 1.10. The molecule has 1 saturated heterocycles. The Bertz CT molecular complexity index is 417. The Kier molecular flexibility index (Phi) is 5.40. The highest BCUT2D eigenvalue weighted by molar-refractivity contribution is 7.98. The average Bonchev–Trinajstić information content (AvgIpc) is 2.47. The van der Waals surface area contributed by atoms with Gasteiger partial charge in [-0.3, -0.25) is 0 Å². The van der Waals surface area contributed by atoms with E-state index in [0.717, 1.165) is 29.4 Å². The number of hydrogen-bond donors (Lipinski definition) is 1. The quantitative estimate of drug-likeness (QED) is 0.840. The van der Waals surface area contributed by atoms with Crippen LogP contribution in [-0.2, 0) is 6.42 Å². The number of hydrogen-bond acceptors (Lipinski definition) is 4. The minimum Gasteiger partial charge on any atom is -0.495 e.